The zero-order chi connectivity index (χ0) is 21.7. The number of aromatic hydroxyl groups is 1. The van der Waals surface area contributed by atoms with Gasteiger partial charge in [0.2, 0.25) is 0 Å². The quantitative estimate of drug-likeness (QED) is 0.415. The Labute approximate surface area is 169 Å². The minimum atomic E-state index is -0.496. The summed E-state index contributed by atoms with van der Waals surface area (Å²) >= 11 is 0. The standard InChI is InChI=1S/C21H18N4O5/c1-12-4-5-13(10-16(12)25(29)30)19-18-17(22(2)21(28)23(3)20(18)27)11-24(19)14-6-8-15(26)9-7-14/h4-11,26H,1-3H3. The minimum absolute atomic E-state index is 0.0687. The van der Waals surface area contributed by atoms with Crippen molar-refractivity contribution in [2.75, 3.05) is 0 Å². The first kappa shape index (κ1) is 19.2. The van der Waals surface area contributed by atoms with Gasteiger partial charge >= 0.3 is 5.69 Å². The molecule has 0 spiro atoms. The summed E-state index contributed by atoms with van der Waals surface area (Å²) in [6.07, 6.45) is 1.64. The number of aryl methyl sites for hydroxylation is 2. The molecule has 1 N–H and O–H groups in total. The molecule has 30 heavy (non-hydrogen) atoms. The third kappa shape index (κ3) is 2.79. The average Bonchev–Trinajstić information content (AvgIpc) is 3.12. The average molecular weight is 406 g/mol. The van der Waals surface area contributed by atoms with Gasteiger partial charge in [-0.15, -0.1) is 0 Å². The number of hydrogen-bond donors (Lipinski definition) is 1. The van der Waals surface area contributed by atoms with Gasteiger partial charge in [0.15, 0.2) is 0 Å². The molecule has 0 saturated carbocycles. The van der Waals surface area contributed by atoms with Crippen LogP contribution < -0.4 is 11.2 Å². The molecular formula is C21H18N4O5. The second-order valence-corrected chi connectivity index (χ2v) is 7.09. The zero-order valence-electron chi connectivity index (χ0n) is 16.5. The Bertz CT molecular complexity index is 1440. The summed E-state index contributed by atoms with van der Waals surface area (Å²) < 4.78 is 4.06. The molecule has 0 radical (unpaired) electrons. The minimum Gasteiger partial charge on any atom is -0.508 e. The Morgan fingerprint density at radius 1 is 1.00 bits per heavy atom. The van der Waals surface area contributed by atoms with Gasteiger partial charge in [-0.1, -0.05) is 12.1 Å². The van der Waals surface area contributed by atoms with E-state index in [0.717, 1.165) is 4.57 Å². The molecule has 9 nitrogen and oxygen atoms in total. The molecule has 4 rings (SSSR count). The maximum atomic E-state index is 13.0. The summed E-state index contributed by atoms with van der Waals surface area (Å²) in [5.74, 6) is 0.0753. The van der Waals surface area contributed by atoms with Crippen molar-refractivity contribution in [3.05, 3.63) is 85.2 Å². The third-order valence-electron chi connectivity index (χ3n) is 5.25. The third-order valence-corrected chi connectivity index (χ3v) is 5.25. The molecule has 0 unspecified atom stereocenters. The summed E-state index contributed by atoms with van der Waals surface area (Å²) in [5, 5.41) is 21.4. The highest BCUT2D eigenvalue weighted by molar-refractivity contribution is 5.95. The number of rotatable bonds is 3. The van der Waals surface area contributed by atoms with E-state index in [1.54, 1.807) is 49.0 Å². The molecule has 0 atom stereocenters. The Balaban J connectivity index is 2.19. The van der Waals surface area contributed by atoms with Gasteiger partial charge < -0.3 is 9.67 Å². The van der Waals surface area contributed by atoms with E-state index in [0.29, 0.717) is 28.0 Å². The Hall–Kier alpha value is -4.14. The summed E-state index contributed by atoms with van der Waals surface area (Å²) in [4.78, 5) is 36.5. The number of fused-ring (bicyclic) bond motifs is 1. The number of nitro groups is 1. The zero-order valence-corrected chi connectivity index (χ0v) is 16.5. The van der Waals surface area contributed by atoms with Gasteiger partial charge in [0.1, 0.15) is 5.75 Å². The van der Waals surface area contributed by atoms with E-state index in [1.165, 1.54) is 29.8 Å². The van der Waals surface area contributed by atoms with Gasteiger partial charge in [0.25, 0.3) is 11.2 Å². The van der Waals surface area contributed by atoms with Crippen molar-refractivity contribution >= 4 is 16.6 Å². The highest BCUT2D eigenvalue weighted by atomic mass is 16.6. The lowest BCUT2D eigenvalue weighted by Crippen LogP contribution is -2.36. The predicted molar refractivity (Wildman–Crippen MR) is 112 cm³/mol. The van der Waals surface area contributed by atoms with Crippen molar-refractivity contribution in [3.8, 4) is 22.7 Å². The van der Waals surface area contributed by atoms with Crippen LogP contribution in [0.2, 0.25) is 0 Å². The van der Waals surface area contributed by atoms with Gasteiger partial charge in [-0.3, -0.25) is 24.0 Å². The number of aromatic nitrogens is 3. The second-order valence-electron chi connectivity index (χ2n) is 7.09. The Morgan fingerprint density at radius 2 is 1.67 bits per heavy atom. The van der Waals surface area contributed by atoms with E-state index < -0.39 is 16.2 Å². The predicted octanol–water partition coefficient (Wildman–Crippen LogP) is 2.62. The topological polar surface area (TPSA) is 112 Å². The molecule has 0 bridgehead atoms. The van der Waals surface area contributed by atoms with E-state index >= 15 is 0 Å². The van der Waals surface area contributed by atoms with Gasteiger partial charge in [-0.25, -0.2) is 4.79 Å². The van der Waals surface area contributed by atoms with Gasteiger partial charge in [-0.05, 0) is 31.2 Å². The summed E-state index contributed by atoms with van der Waals surface area (Å²) in [5.41, 5.74) is 1.37. The second kappa shape index (κ2) is 6.73. The Morgan fingerprint density at radius 3 is 2.30 bits per heavy atom. The number of benzene rings is 2. The molecule has 0 aliphatic heterocycles. The molecular weight excluding hydrogens is 388 g/mol. The maximum absolute atomic E-state index is 13.0. The number of nitro benzene ring substituents is 1. The fraction of sp³-hybridized carbons (Fsp3) is 0.143. The van der Waals surface area contributed by atoms with Gasteiger partial charge in [0, 0.05) is 43.2 Å². The first-order valence-corrected chi connectivity index (χ1v) is 9.06. The van der Waals surface area contributed by atoms with Crippen molar-refractivity contribution in [3.63, 3.8) is 0 Å². The SMILES string of the molecule is Cc1ccc(-c2c3c(=O)n(C)c(=O)n(C)c3cn2-c2ccc(O)cc2)cc1[N+](=O)[O-]. The maximum Gasteiger partial charge on any atom is 0.330 e. The molecule has 2 aromatic carbocycles. The number of hydrogen-bond acceptors (Lipinski definition) is 5. The molecule has 4 aromatic rings. The Kier molecular flexibility index (Phi) is 4.30. The molecule has 152 valence electrons. The van der Waals surface area contributed by atoms with Crippen molar-refractivity contribution in [1.82, 2.24) is 13.7 Å². The van der Waals surface area contributed by atoms with Crippen molar-refractivity contribution in [1.29, 1.82) is 0 Å². The highest BCUT2D eigenvalue weighted by Crippen LogP contribution is 2.34. The van der Waals surface area contributed by atoms with E-state index in [-0.39, 0.29) is 16.8 Å². The van der Waals surface area contributed by atoms with E-state index in [9.17, 15) is 24.8 Å². The van der Waals surface area contributed by atoms with Crippen LogP contribution in [0.3, 0.4) is 0 Å². The lowest BCUT2D eigenvalue weighted by Gasteiger charge is -2.11. The lowest BCUT2D eigenvalue weighted by molar-refractivity contribution is -0.385. The largest absolute Gasteiger partial charge is 0.508 e. The molecule has 0 amide bonds. The smallest absolute Gasteiger partial charge is 0.330 e. The van der Waals surface area contributed by atoms with Gasteiger partial charge in [-0.2, -0.15) is 0 Å². The van der Waals surface area contributed by atoms with Crippen LogP contribution in [0.5, 0.6) is 5.75 Å². The fourth-order valence-corrected chi connectivity index (χ4v) is 3.59. The lowest BCUT2D eigenvalue weighted by atomic mass is 10.1. The molecule has 0 aliphatic carbocycles. The van der Waals surface area contributed by atoms with Crippen LogP contribution in [0.25, 0.3) is 27.8 Å². The van der Waals surface area contributed by atoms with Crippen LogP contribution in [0.4, 0.5) is 5.69 Å². The van der Waals surface area contributed by atoms with Crippen LogP contribution in [0, 0.1) is 17.0 Å². The molecule has 0 aliphatic rings. The molecule has 0 saturated heterocycles. The van der Waals surface area contributed by atoms with Crippen LogP contribution in [0.15, 0.2) is 58.3 Å². The van der Waals surface area contributed by atoms with E-state index in [1.807, 2.05) is 0 Å². The normalized spacial score (nSPS) is 11.2. The first-order chi connectivity index (χ1) is 14.2. The number of phenols is 1. The van der Waals surface area contributed by atoms with Crippen LogP contribution in [-0.2, 0) is 14.1 Å². The van der Waals surface area contributed by atoms with Crippen LogP contribution in [0.1, 0.15) is 5.56 Å². The molecule has 9 heteroatoms. The van der Waals surface area contributed by atoms with E-state index in [2.05, 4.69) is 0 Å². The van der Waals surface area contributed by atoms with Gasteiger partial charge in [0.05, 0.1) is 21.5 Å². The monoisotopic (exact) mass is 406 g/mol. The highest BCUT2D eigenvalue weighted by Gasteiger charge is 2.22. The fourth-order valence-electron chi connectivity index (χ4n) is 3.59. The van der Waals surface area contributed by atoms with Crippen molar-refractivity contribution in [2.24, 2.45) is 14.1 Å². The van der Waals surface area contributed by atoms with Crippen molar-refractivity contribution < 1.29 is 10.0 Å². The number of nitrogens with zero attached hydrogens (tertiary/aromatic N) is 4. The molecule has 2 aromatic heterocycles. The van der Waals surface area contributed by atoms with Crippen molar-refractivity contribution in [2.45, 2.75) is 6.92 Å². The molecule has 0 fully saturated rings. The summed E-state index contributed by atoms with van der Waals surface area (Å²) in [7, 11) is 2.95. The summed E-state index contributed by atoms with van der Waals surface area (Å²) in [6.45, 7) is 1.64. The number of phenolic OH excluding ortho intramolecular Hbond substituents is 1. The first-order valence-electron chi connectivity index (χ1n) is 9.06. The van der Waals surface area contributed by atoms with Crippen LogP contribution in [-0.4, -0.2) is 23.7 Å². The van der Waals surface area contributed by atoms with Crippen LogP contribution >= 0.6 is 0 Å². The summed E-state index contributed by atoms with van der Waals surface area (Å²) in [6, 6.07) is 11.1. The molecule has 2 heterocycles. The van der Waals surface area contributed by atoms with E-state index in [4.69, 9.17) is 0 Å².